The topological polar surface area (TPSA) is 79.7 Å². The Balaban J connectivity index is 2.49. The number of anilines is 2. The van der Waals surface area contributed by atoms with Crippen LogP contribution in [0.25, 0.3) is 0 Å². The molecule has 0 amide bonds. The fraction of sp³-hybridized carbons (Fsp3) is 0.200. The molecule has 0 bridgehead atoms. The van der Waals surface area contributed by atoms with E-state index in [1.807, 2.05) is 0 Å². The number of nitrogens with zero attached hydrogens (tertiary/aromatic N) is 2. The zero-order chi connectivity index (χ0) is 17.9. The Morgan fingerprint density at radius 2 is 2.12 bits per heavy atom. The molecular formula is C15H14ClFN2O4S. The molecule has 0 fully saturated rings. The maximum Gasteiger partial charge on any atom is 0.338 e. The smallest absolute Gasteiger partial charge is 0.338 e. The predicted molar refractivity (Wildman–Crippen MR) is 89.3 cm³/mol. The summed E-state index contributed by atoms with van der Waals surface area (Å²) >= 11 is 3.47. The van der Waals surface area contributed by atoms with Gasteiger partial charge < -0.3 is 4.74 Å². The lowest BCUT2D eigenvalue weighted by Gasteiger charge is -2.21. The Kier molecular flexibility index (Phi) is 5.87. The number of carbonyl (C=O) groups excluding carboxylic acids is 1. The van der Waals surface area contributed by atoms with Crippen LogP contribution < -0.4 is 4.31 Å². The van der Waals surface area contributed by atoms with Crippen molar-refractivity contribution in [2.45, 2.75) is 13.8 Å². The van der Waals surface area contributed by atoms with Gasteiger partial charge in [0.25, 0.3) is 11.3 Å². The number of aromatic nitrogens is 1. The van der Waals surface area contributed by atoms with Gasteiger partial charge in [-0.25, -0.2) is 17.7 Å². The molecule has 0 spiro atoms. The van der Waals surface area contributed by atoms with Crippen molar-refractivity contribution in [2.24, 2.45) is 0 Å². The average Bonchev–Trinajstić information content (AvgIpc) is 2.51. The normalized spacial score (nSPS) is 11.9. The van der Waals surface area contributed by atoms with E-state index in [1.54, 1.807) is 13.8 Å². The third kappa shape index (κ3) is 3.89. The van der Waals surface area contributed by atoms with Crippen LogP contribution in [0.1, 0.15) is 23.0 Å². The van der Waals surface area contributed by atoms with Crippen molar-refractivity contribution >= 4 is 40.2 Å². The molecule has 0 aliphatic rings. The lowest BCUT2D eigenvalue weighted by molar-refractivity contribution is 0.0526. The summed E-state index contributed by atoms with van der Waals surface area (Å²) in [6, 6.07) is 4.92. The second-order valence-corrected chi connectivity index (χ2v) is 5.92. The maximum absolute atomic E-state index is 14.4. The minimum atomic E-state index is -2.60. The summed E-state index contributed by atoms with van der Waals surface area (Å²) in [7, 11) is 0. The number of carbonyl (C=O) groups is 1. The zero-order valence-electron chi connectivity index (χ0n) is 12.8. The van der Waals surface area contributed by atoms with Crippen LogP contribution in [0.5, 0.6) is 0 Å². The predicted octanol–water partition coefficient (Wildman–Crippen LogP) is 3.63. The van der Waals surface area contributed by atoms with Gasteiger partial charge in [0.1, 0.15) is 5.82 Å². The van der Waals surface area contributed by atoms with Gasteiger partial charge >= 0.3 is 5.97 Å². The first-order chi connectivity index (χ1) is 11.3. The highest BCUT2D eigenvalue weighted by atomic mass is 35.5. The van der Waals surface area contributed by atoms with Gasteiger partial charge in [-0.1, -0.05) is 11.6 Å². The molecule has 1 atom stereocenters. The number of rotatable bonds is 5. The standard InChI is InChI=1S/C15H14ClFN2O4S/c1-3-23-15(20)10-4-5-13(12(17)7-10)19(24(21)22)14-8-18-9(2)6-11(14)16/h4-8H,3H2,1-2H3,(H,21,22). The summed E-state index contributed by atoms with van der Waals surface area (Å²) in [5.41, 5.74) is 0.433. The molecule has 1 aromatic heterocycles. The molecular weight excluding hydrogens is 359 g/mol. The first kappa shape index (κ1) is 18.3. The molecule has 9 heteroatoms. The van der Waals surface area contributed by atoms with E-state index >= 15 is 0 Å². The van der Waals surface area contributed by atoms with Gasteiger partial charge in [-0.05, 0) is 38.1 Å². The van der Waals surface area contributed by atoms with Crippen LogP contribution in [-0.4, -0.2) is 26.3 Å². The van der Waals surface area contributed by atoms with Crippen molar-refractivity contribution in [3.05, 3.63) is 52.6 Å². The number of esters is 1. The Bertz CT molecular complexity index is 803. The Hall–Kier alpha value is -2.03. The summed E-state index contributed by atoms with van der Waals surface area (Å²) < 4.78 is 41.2. The molecule has 6 nitrogen and oxygen atoms in total. The van der Waals surface area contributed by atoms with E-state index in [9.17, 15) is 17.9 Å². The van der Waals surface area contributed by atoms with Crippen molar-refractivity contribution < 1.29 is 22.7 Å². The molecule has 2 rings (SSSR count). The molecule has 0 saturated heterocycles. The molecule has 1 unspecified atom stereocenters. The van der Waals surface area contributed by atoms with Gasteiger partial charge in [0, 0.05) is 5.69 Å². The largest absolute Gasteiger partial charge is 0.462 e. The van der Waals surface area contributed by atoms with Gasteiger partial charge in [-0.2, -0.15) is 0 Å². The third-order valence-corrected chi connectivity index (χ3v) is 4.03. The summed E-state index contributed by atoms with van der Waals surface area (Å²) in [6.07, 6.45) is 1.27. The number of halogens is 2. The molecule has 1 heterocycles. The number of aryl methyl sites for hydroxylation is 1. The minimum Gasteiger partial charge on any atom is -0.462 e. The third-order valence-electron chi connectivity index (χ3n) is 3.02. The second-order valence-electron chi connectivity index (χ2n) is 4.69. The van der Waals surface area contributed by atoms with Crippen LogP contribution in [0, 0.1) is 12.7 Å². The maximum atomic E-state index is 14.4. The summed E-state index contributed by atoms with van der Waals surface area (Å²) in [4.78, 5) is 15.6. The van der Waals surface area contributed by atoms with E-state index in [4.69, 9.17) is 16.3 Å². The van der Waals surface area contributed by atoms with Gasteiger partial charge in [-0.3, -0.25) is 9.54 Å². The lowest BCUT2D eigenvalue weighted by atomic mass is 10.2. The SMILES string of the molecule is CCOC(=O)c1ccc(N(c2cnc(C)cc2Cl)S(=O)O)c(F)c1. The molecule has 0 radical (unpaired) electrons. The van der Waals surface area contributed by atoms with E-state index < -0.39 is 23.1 Å². The number of hydrogen-bond acceptors (Lipinski definition) is 4. The van der Waals surface area contributed by atoms with Gasteiger partial charge in [0.15, 0.2) is 0 Å². The van der Waals surface area contributed by atoms with E-state index in [-0.39, 0.29) is 28.6 Å². The Morgan fingerprint density at radius 3 is 2.67 bits per heavy atom. The molecule has 1 aromatic carbocycles. The van der Waals surface area contributed by atoms with Gasteiger partial charge in [0.2, 0.25) is 0 Å². The molecule has 1 N–H and O–H groups in total. The van der Waals surface area contributed by atoms with Crippen molar-refractivity contribution in [2.75, 3.05) is 10.9 Å². The number of hydrogen-bond donors (Lipinski definition) is 1. The summed E-state index contributed by atoms with van der Waals surface area (Å²) in [6.45, 7) is 3.48. The monoisotopic (exact) mass is 372 g/mol. The number of pyridine rings is 1. The highest BCUT2D eigenvalue weighted by molar-refractivity contribution is 7.81. The first-order valence-electron chi connectivity index (χ1n) is 6.85. The average molecular weight is 373 g/mol. The highest BCUT2D eigenvalue weighted by Crippen LogP contribution is 2.34. The van der Waals surface area contributed by atoms with Crippen molar-refractivity contribution in [3.63, 3.8) is 0 Å². The minimum absolute atomic E-state index is 0.00472. The number of benzene rings is 1. The molecule has 0 aliphatic heterocycles. The van der Waals surface area contributed by atoms with E-state index in [0.717, 1.165) is 10.4 Å². The van der Waals surface area contributed by atoms with Crippen LogP contribution in [0.4, 0.5) is 15.8 Å². The fourth-order valence-corrected chi connectivity index (χ4v) is 2.95. The van der Waals surface area contributed by atoms with Crippen LogP contribution in [0.2, 0.25) is 5.02 Å². The van der Waals surface area contributed by atoms with E-state index in [1.165, 1.54) is 24.4 Å². The van der Waals surface area contributed by atoms with Crippen LogP contribution >= 0.6 is 11.6 Å². The zero-order valence-corrected chi connectivity index (χ0v) is 14.4. The van der Waals surface area contributed by atoms with Crippen molar-refractivity contribution in [3.8, 4) is 0 Å². The highest BCUT2D eigenvalue weighted by Gasteiger charge is 2.23. The van der Waals surface area contributed by atoms with Crippen LogP contribution in [0.15, 0.2) is 30.5 Å². The Labute approximate surface area is 145 Å². The van der Waals surface area contributed by atoms with E-state index in [2.05, 4.69) is 4.98 Å². The van der Waals surface area contributed by atoms with Gasteiger partial charge in [-0.15, -0.1) is 0 Å². The number of ether oxygens (including phenoxy) is 1. The second kappa shape index (κ2) is 7.69. The van der Waals surface area contributed by atoms with E-state index in [0.29, 0.717) is 5.69 Å². The summed E-state index contributed by atoms with van der Waals surface area (Å²) in [5, 5.41) is 0.138. The molecule has 128 valence electrons. The molecule has 2 aromatic rings. The van der Waals surface area contributed by atoms with Crippen molar-refractivity contribution in [1.29, 1.82) is 0 Å². The Morgan fingerprint density at radius 1 is 1.42 bits per heavy atom. The lowest BCUT2D eigenvalue weighted by Crippen LogP contribution is -2.21. The first-order valence-corrected chi connectivity index (χ1v) is 8.29. The quantitative estimate of drug-likeness (QED) is 0.640. The molecule has 0 aliphatic carbocycles. The van der Waals surface area contributed by atoms with Crippen molar-refractivity contribution in [1.82, 2.24) is 4.98 Å². The molecule has 24 heavy (non-hydrogen) atoms. The van der Waals surface area contributed by atoms with Crippen LogP contribution in [-0.2, 0) is 16.0 Å². The van der Waals surface area contributed by atoms with Crippen LogP contribution in [0.3, 0.4) is 0 Å². The molecule has 0 saturated carbocycles. The van der Waals surface area contributed by atoms with Gasteiger partial charge in [0.05, 0.1) is 34.8 Å². The fourth-order valence-electron chi connectivity index (χ4n) is 1.98. The summed E-state index contributed by atoms with van der Waals surface area (Å²) in [5.74, 6) is -1.56.